The maximum Gasteiger partial charge on any atom is 0.341 e. The SMILES string of the molecule is O=C(O)COc1ccc(CC=Cc2ccccc2)cc1. The van der Waals surface area contributed by atoms with Crippen molar-refractivity contribution in [3.05, 3.63) is 71.8 Å². The van der Waals surface area contributed by atoms with E-state index in [9.17, 15) is 4.79 Å². The third kappa shape index (κ3) is 4.61. The number of carboxylic acid groups (broad SMARTS) is 1. The zero-order chi connectivity index (χ0) is 14.2. The average molecular weight is 268 g/mol. The van der Waals surface area contributed by atoms with Crippen LogP contribution >= 0.6 is 0 Å². The molecule has 102 valence electrons. The van der Waals surface area contributed by atoms with E-state index in [4.69, 9.17) is 9.84 Å². The van der Waals surface area contributed by atoms with Crippen LogP contribution in [0.15, 0.2) is 60.7 Å². The Morgan fingerprint density at radius 1 is 1.05 bits per heavy atom. The van der Waals surface area contributed by atoms with Gasteiger partial charge in [-0.15, -0.1) is 0 Å². The number of rotatable bonds is 6. The lowest BCUT2D eigenvalue weighted by Crippen LogP contribution is -2.09. The van der Waals surface area contributed by atoms with Gasteiger partial charge in [0.2, 0.25) is 0 Å². The quantitative estimate of drug-likeness (QED) is 0.873. The maximum atomic E-state index is 10.4. The van der Waals surface area contributed by atoms with Gasteiger partial charge in [-0.25, -0.2) is 4.79 Å². The van der Waals surface area contributed by atoms with Gasteiger partial charge in [0, 0.05) is 0 Å². The molecule has 0 spiro atoms. The molecule has 0 bridgehead atoms. The lowest BCUT2D eigenvalue weighted by molar-refractivity contribution is -0.139. The highest BCUT2D eigenvalue weighted by molar-refractivity contribution is 5.68. The summed E-state index contributed by atoms with van der Waals surface area (Å²) in [7, 11) is 0. The van der Waals surface area contributed by atoms with Crippen molar-refractivity contribution in [2.75, 3.05) is 6.61 Å². The number of ether oxygens (including phenoxy) is 1. The summed E-state index contributed by atoms with van der Waals surface area (Å²) in [5.41, 5.74) is 2.33. The first kappa shape index (κ1) is 13.9. The molecule has 1 N–H and O–H groups in total. The molecule has 0 aliphatic rings. The Labute approximate surface area is 118 Å². The Kier molecular flexibility index (Phi) is 4.95. The van der Waals surface area contributed by atoms with Crippen molar-refractivity contribution in [3.8, 4) is 5.75 Å². The Morgan fingerprint density at radius 3 is 2.40 bits per heavy atom. The zero-order valence-corrected chi connectivity index (χ0v) is 11.0. The van der Waals surface area contributed by atoms with E-state index in [-0.39, 0.29) is 6.61 Å². The molecule has 0 unspecified atom stereocenters. The minimum absolute atomic E-state index is 0.312. The van der Waals surface area contributed by atoms with Crippen LogP contribution in [0.2, 0.25) is 0 Å². The summed E-state index contributed by atoms with van der Waals surface area (Å²) in [4.78, 5) is 10.4. The normalized spacial score (nSPS) is 10.6. The van der Waals surface area contributed by atoms with Gasteiger partial charge in [-0.05, 0) is 29.7 Å². The van der Waals surface area contributed by atoms with Crippen molar-refractivity contribution in [2.45, 2.75) is 6.42 Å². The molecule has 0 aliphatic heterocycles. The maximum absolute atomic E-state index is 10.4. The van der Waals surface area contributed by atoms with Crippen LogP contribution in [0.5, 0.6) is 5.75 Å². The smallest absolute Gasteiger partial charge is 0.341 e. The van der Waals surface area contributed by atoms with Crippen LogP contribution in [0.25, 0.3) is 6.08 Å². The number of carboxylic acids is 1. The van der Waals surface area contributed by atoms with Gasteiger partial charge in [-0.2, -0.15) is 0 Å². The molecule has 0 fully saturated rings. The molecule has 0 heterocycles. The fourth-order valence-electron chi connectivity index (χ4n) is 1.76. The molecule has 2 aromatic rings. The highest BCUT2D eigenvalue weighted by Gasteiger charge is 1.98. The molecule has 3 nitrogen and oxygen atoms in total. The number of carbonyl (C=O) groups is 1. The van der Waals surface area contributed by atoms with Gasteiger partial charge in [0.05, 0.1) is 0 Å². The Morgan fingerprint density at radius 2 is 1.75 bits per heavy atom. The Bertz CT molecular complexity index is 571. The van der Waals surface area contributed by atoms with Crippen LogP contribution in [0.3, 0.4) is 0 Å². The third-order valence-electron chi connectivity index (χ3n) is 2.75. The predicted molar refractivity (Wildman–Crippen MR) is 78.8 cm³/mol. The van der Waals surface area contributed by atoms with Gasteiger partial charge in [0.1, 0.15) is 5.75 Å². The fourth-order valence-corrected chi connectivity index (χ4v) is 1.76. The van der Waals surface area contributed by atoms with Crippen molar-refractivity contribution in [1.29, 1.82) is 0 Å². The molecule has 2 aromatic carbocycles. The van der Waals surface area contributed by atoms with Gasteiger partial charge in [-0.1, -0.05) is 54.6 Å². The number of benzene rings is 2. The van der Waals surface area contributed by atoms with Crippen LogP contribution < -0.4 is 4.74 Å². The van der Waals surface area contributed by atoms with Gasteiger partial charge < -0.3 is 9.84 Å². The van der Waals surface area contributed by atoms with Crippen molar-refractivity contribution < 1.29 is 14.6 Å². The summed E-state index contributed by atoms with van der Waals surface area (Å²) >= 11 is 0. The minimum Gasteiger partial charge on any atom is -0.482 e. The standard InChI is InChI=1S/C17H16O3/c18-17(19)13-20-16-11-9-15(10-12-16)8-4-7-14-5-2-1-3-6-14/h1-7,9-12H,8,13H2,(H,18,19). The van der Waals surface area contributed by atoms with Crippen LogP contribution in [0.4, 0.5) is 0 Å². The molecular formula is C17H16O3. The van der Waals surface area contributed by atoms with Crippen LogP contribution in [0, 0.1) is 0 Å². The third-order valence-corrected chi connectivity index (χ3v) is 2.75. The average Bonchev–Trinajstić information content (AvgIpc) is 2.47. The molecular weight excluding hydrogens is 252 g/mol. The summed E-state index contributed by atoms with van der Waals surface area (Å²) in [5.74, 6) is -0.400. The van der Waals surface area contributed by atoms with E-state index in [0.717, 1.165) is 12.0 Å². The molecule has 0 atom stereocenters. The number of allylic oxidation sites excluding steroid dienone is 1. The summed E-state index contributed by atoms with van der Waals surface area (Å²) in [6, 6.07) is 17.6. The van der Waals surface area contributed by atoms with Crippen molar-refractivity contribution in [3.63, 3.8) is 0 Å². The van der Waals surface area contributed by atoms with E-state index < -0.39 is 5.97 Å². The number of hydrogen-bond acceptors (Lipinski definition) is 2. The highest BCUT2D eigenvalue weighted by Crippen LogP contribution is 2.13. The molecule has 3 heteroatoms. The number of aliphatic carboxylic acids is 1. The summed E-state index contributed by atoms with van der Waals surface area (Å²) in [6.45, 7) is -0.312. The lowest BCUT2D eigenvalue weighted by atomic mass is 10.1. The van der Waals surface area contributed by atoms with E-state index in [0.29, 0.717) is 5.75 Å². The van der Waals surface area contributed by atoms with Crippen molar-refractivity contribution in [2.24, 2.45) is 0 Å². The molecule has 0 radical (unpaired) electrons. The van der Waals surface area contributed by atoms with E-state index >= 15 is 0 Å². The first-order chi connectivity index (χ1) is 9.74. The highest BCUT2D eigenvalue weighted by atomic mass is 16.5. The van der Waals surface area contributed by atoms with E-state index in [1.807, 2.05) is 30.3 Å². The second-order valence-corrected chi connectivity index (χ2v) is 4.34. The molecule has 0 saturated carbocycles. The molecule has 0 aromatic heterocycles. The molecule has 20 heavy (non-hydrogen) atoms. The van der Waals surface area contributed by atoms with E-state index in [2.05, 4.69) is 24.3 Å². The zero-order valence-electron chi connectivity index (χ0n) is 11.0. The van der Waals surface area contributed by atoms with E-state index in [1.165, 1.54) is 5.56 Å². The first-order valence-electron chi connectivity index (χ1n) is 6.39. The molecule has 0 aliphatic carbocycles. The van der Waals surface area contributed by atoms with E-state index in [1.54, 1.807) is 12.1 Å². The second-order valence-electron chi connectivity index (χ2n) is 4.34. The van der Waals surface area contributed by atoms with Gasteiger partial charge in [0.15, 0.2) is 6.61 Å². The topological polar surface area (TPSA) is 46.5 Å². The lowest BCUT2D eigenvalue weighted by Gasteiger charge is -2.03. The minimum atomic E-state index is -0.972. The molecule has 2 rings (SSSR count). The Hall–Kier alpha value is -2.55. The predicted octanol–water partition coefficient (Wildman–Crippen LogP) is 3.41. The summed E-state index contributed by atoms with van der Waals surface area (Å²) in [5, 5.41) is 8.52. The van der Waals surface area contributed by atoms with Crippen LogP contribution in [-0.4, -0.2) is 17.7 Å². The summed E-state index contributed by atoms with van der Waals surface area (Å²) < 4.78 is 5.08. The van der Waals surface area contributed by atoms with Gasteiger partial charge >= 0.3 is 5.97 Å². The monoisotopic (exact) mass is 268 g/mol. The largest absolute Gasteiger partial charge is 0.482 e. The van der Waals surface area contributed by atoms with Crippen molar-refractivity contribution >= 4 is 12.0 Å². The molecule has 0 saturated heterocycles. The number of hydrogen-bond donors (Lipinski definition) is 1. The van der Waals surface area contributed by atoms with Crippen molar-refractivity contribution in [1.82, 2.24) is 0 Å². The molecule has 0 amide bonds. The van der Waals surface area contributed by atoms with Gasteiger partial charge in [0.25, 0.3) is 0 Å². The van der Waals surface area contributed by atoms with Crippen LogP contribution in [-0.2, 0) is 11.2 Å². The first-order valence-corrected chi connectivity index (χ1v) is 6.39. The summed E-state index contributed by atoms with van der Waals surface area (Å²) in [6.07, 6.45) is 5.01. The fraction of sp³-hybridized carbons (Fsp3) is 0.118. The van der Waals surface area contributed by atoms with Crippen LogP contribution in [0.1, 0.15) is 11.1 Å². The van der Waals surface area contributed by atoms with Gasteiger partial charge in [-0.3, -0.25) is 0 Å². The Balaban J connectivity index is 1.87. The second kappa shape index (κ2) is 7.14.